The third-order valence-electron chi connectivity index (χ3n) is 3.35. The Balaban J connectivity index is 2.39. The third-order valence-corrected chi connectivity index (χ3v) is 3.35. The molecule has 4 atom stereocenters. The molecule has 1 aliphatic rings. The van der Waals surface area contributed by atoms with E-state index < -0.39 is 36.4 Å². The SMILES string of the molecule is C=CC[C@]1(CO)OC(n2ccc(N)nc2=O)[C@H](F)[C@@H]1O. The topological polar surface area (TPSA) is 111 Å². The van der Waals surface area contributed by atoms with Crippen LogP contribution in [0.15, 0.2) is 29.7 Å². The summed E-state index contributed by atoms with van der Waals surface area (Å²) in [5.41, 5.74) is 3.04. The maximum Gasteiger partial charge on any atom is 0.351 e. The van der Waals surface area contributed by atoms with Gasteiger partial charge in [0.25, 0.3) is 0 Å². The zero-order valence-electron chi connectivity index (χ0n) is 10.6. The largest absolute Gasteiger partial charge is 0.393 e. The number of halogens is 1. The molecule has 1 unspecified atom stereocenters. The minimum atomic E-state index is -1.88. The first-order chi connectivity index (χ1) is 9.45. The van der Waals surface area contributed by atoms with Gasteiger partial charge in [0, 0.05) is 6.20 Å². The van der Waals surface area contributed by atoms with Crippen LogP contribution >= 0.6 is 0 Å². The molecule has 0 spiro atoms. The molecule has 1 aromatic rings. The van der Waals surface area contributed by atoms with Gasteiger partial charge in [0.1, 0.15) is 17.5 Å². The Morgan fingerprint density at radius 3 is 2.95 bits per heavy atom. The molecular formula is C12H16FN3O4. The molecule has 2 rings (SSSR count). The van der Waals surface area contributed by atoms with Crippen molar-refractivity contribution >= 4 is 5.82 Å². The van der Waals surface area contributed by atoms with Gasteiger partial charge in [-0.05, 0) is 12.5 Å². The normalized spacial score (nSPS) is 33.2. The summed E-state index contributed by atoms with van der Waals surface area (Å²) in [6.45, 7) is 2.88. The van der Waals surface area contributed by atoms with Crippen molar-refractivity contribution in [3.63, 3.8) is 0 Å². The van der Waals surface area contributed by atoms with Crippen molar-refractivity contribution in [2.75, 3.05) is 12.3 Å². The van der Waals surface area contributed by atoms with Gasteiger partial charge >= 0.3 is 5.69 Å². The first-order valence-corrected chi connectivity index (χ1v) is 6.01. The second-order valence-electron chi connectivity index (χ2n) is 4.66. The molecule has 8 heteroatoms. The first-order valence-electron chi connectivity index (χ1n) is 6.01. The van der Waals surface area contributed by atoms with Crippen molar-refractivity contribution in [1.82, 2.24) is 9.55 Å². The molecule has 2 heterocycles. The van der Waals surface area contributed by atoms with Gasteiger partial charge in [0.15, 0.2) is 12.4 Å². The molecule has 1 aliphatic heterocycles. The molecule has 0 aliphatic carbocycles. The van der Waals surface area contributed by atoms with E-state index in [1.54, 1.807) is 0 Å². The summed E-state index contributed by atoms with van der Waals surface area (Å²) in [5.74, 6) is -0.000262. The average Bonchev–Trinajstić information content (AvgIpc) is 2.65. The standard InChI is InChI=1S/C12H16FN3O4/c1-2-4-12(6-17)9(18)8(13)10(20-12)16-5-3-7(14)15-11(16)19/h2-3,5,8-10,17-18H,1,4,6H2,(H2,14,15,19)/t8-,9+,10?,12-/m1/s1. The minimum absolute atomic E-state index is 0.000262. The van der Waals surface area contributed by atoms with Gasteiger partial charge in [-0.1, -0.05) is 6.08 Å². The monoisotopic (exact) mass is 285 g/mol. The van der Waals surface area contributed by atoms with Crippen LogP contribution in [0.25, 0.3) is 0 Å². The zero-order valence-corrected chi connectivity index (χ0v) is 10.6. The molecule has 1 aromatic heterocycles. The predicted molar refractivity (Wildman–Crippen MR) is 68.6 cm³/mol. The Bertz CT molecular complexity index is 564. The van der Waals surface area contributed by atoms with Crippen LogP contribution in [-0.2, 0) is 4.74 Å². The van der Waals surface area contributed by atoms with Gasteiger partial charge < -0.3 is 20.7 Å². The van der Waals surface area contributed by atoms with E-state index in [0.717, 1.165) is 4.57 Å². The van der Waals surface area contributed by atoms with E-state index in [0.29, 0.717) is 0 Å². The summed E-state index contributed by atoms with van der Waals surface area (Å²) in [7, 11) is 0. The number of rotatable bonds is 4. The summed E-state index contributed by atoms with van der Waals surface area (Å²) in [6, 6.07) is 1.32. The highest BCUT2D eigenvalue weighted by molar-refractivity contribution is 5.23. The van der Waals surface area contributed by atoms with Crippen LogP contribution in [-0.4, -0.2) is 44.2 Å². The van der Waals surface area contributed by atoms with Crippen molar-refractivity contribution in [1.29, 1.82) is 0 Å². The fraction of sp³-hybridized carbons (Fsp3) is 0.500. The molecule has 4 N–H and O–H groups in total. The van der Waals surface area contributed by atoms with Crippen LogP contribution in [0.3, 0.4) is 0 Å². The predicted octanol–water partition coefficient (Wildman–Crippen LogP) is -0.640. The molecule has 20 heavy (non-hydrogen) atoms. The van der Waals surface area contributed by atoms with Crippen LogP contribution in [0, 0.1) is 0 Å². The van der Waals surface area contributed by atoms with E-state index in [2.05, 4.69) is 11.6 Å². The van der Waals surface area contributed by atoms with Gasteiger partial charge in [-0.25, -0.2) is 9.18 Å². The van der Waals surface area contributed by atoms with Crippen molar-refractivity contribution < 1.29 is 19.3 Å². The number of nitrogen functional groups attached to an aromatic ring is 1. The van der Waals surface area contributed by atoms with E-state index in [4.69, 9.17) is 10.5 Å². The number of aromatic nitrogens is 2. The van der Waals surface area contributed by atoms with Crippen LogP contribution in [0.4, 0.5) is 10.2 Å². The number of nitrogens with zero attached hydrogens (tertiary/aromatic N) is 2. The van der Waals surface area contributed by atoms with E-state index in [9.17, 15) is 19.4 Å². The highest BCUT2D eigenvalue weighted by Gasteiger charge is 2.55. The second-order valence-corrected chi connectivity index (χ2v) is 4.66. The van der Waals surface area contributed by atoms with Crippen LogP contribution in [0.1, 0.15) is 12.6 Å². The van der Waals surface area contributed by atoms with Crippen molar-refractivity contribution in [3.05, 3.63) is 35.4 Å². The lowest BCUT2D eigenvalue weighted by Gasteiger charge is -2.28. The summed E-state index contributed by atoms with van der Waals surface area (Å²) < 4.78 is 20.5. The number of alkyl halides is 1. The minimum Gasteiger partial charge on any atom is -0.393 e. The van der Waals surface area contributed by atoms with Crippen LogP contribution < -0.4 is 11.4 Å². The highest BCUT2D eigenvalue weighted by Crippen LogP contribution is 2.40. The van der Waals surface area contributed by atoms with Gasteiger partial charge in [-0.2, -0.15) is 4.98 Å². The summed E-state index contributed by atoms with van der Waals surface area (Å²) in [6.07, 6.45) is -2.17. The van der Waals surface area contributed by atoms with Gasteiger partial charge in [0.2, 0.25) is 0 Å². The molecule has 0 aromatic carbocycles. The number of hydrogen-bond acceptors (Lipinski definition) is 6. The lowest BCUT2D eigenvalue weighted by molar-refractivity contribution is -0.126. The number of nitrogens with two attached hydrogens (primary N) is 1. The maximum atomic E-state index is 14.2. The Hall–Kier alpha value is -1.77. The van der Waals surface area contributed by atoms with Crippen LogP contribution in [0.2, 0.25) is 0 Å². The number of hydrogen-bond donors (Lipinski definition) is 3. The van der Waals surface area contributed by atoms with Crippen molar-refractivity contribution in [2.24, 2.45) is 0 Å². The summed E-state index contributed by atoms with van der Waals surface area (Å²) in [4.78, 5) is 15.2. The lowest BCUT2D eigenvalue weighted by atomic mass is 9.93. The number of anilines is 1. The Morgan fingerprint density at radius 2 is 2.40 bits per heavy atom. The molecular weight excluding hydrogens is 269 g/mol. The van der Waals surface area contributed by atoms with Gasteiger partial charge in [-0.15, -0.1) is 6.58 Å². The molecule has 0 saturated carbocycles. The fourth-order valence-corrected chi connectivity index (χ4v) is 2.26. The fourth-order valence-electron chi connectivity index (χ4n) is 2.26. The first kappa shape index (κ1) is 14.6. The highest BCUT2D eigenvalue weighted by atomic mass is 19.1. The molecule has 1 fully saturated rings. The second kappa shape index (κ2) is 5.31. The van der Waals surface area contributed by atoms with E-state index in [-0.39, 0.29) is 12.2 Å². The van der Waals surface area contributed by atoms with E-state index in [1.807, 2.05) is 0 Å². The molecule has 0 bridgehead atoms. The molecule has 0 radical (unpaired) electrons. The van der Waals surface area contributed by atoms with Crippen molar-refractivity contribution in [3.8, 4) is 0 Å². The number of aliphatic hydroxyl groups excluding tert-OH is 2. The average molecular weight is 285 g/mol. The Labute approximate surface area is 114 Å². The van der Waals surface area contributed by atoms with Gasteiger partial charge in [0.05, 0.1) is 6.61 Å². The third kappa shape index (κ3) is 2.21. The number of ether oxygens (including phenoxy) is 1. The molecule has 110 valence electrons. The van der Waals surface area contributed by atoms with Crippen LogP contribution in [0.5, 0.6) is 0 Å². The smallest absolute Gasteiger partial charge is 0.351 e. The molecule has 1 saturated heterocycles. The maximum absolute atomic E-state index is 14.2. The van der Waals surface area contributed by atoms with E-state index in [1.165, 1.54) is 18.3 Å². The molecule has 0 amide bonds. The zero-order chi connectivity index (χ0) is 14.9. The van der Waals surface area contributed by atoms with Gasteiger partial charge in [-0.3, -0.25) is 4.57 Å². The quantitative estimate of drug-likeness (QED) is 0.635. The number of aliphatic hydroxyl groups is 2. The summed E-state index contributed by atoms with van der Waals surface area (Å²) in [5, 5.41) is 19.3. The van der Waals surface area contributed by atoms with E-state index >= 15 is 0 Å². The molecule has 7 nitrogen and oxygen atoms in total. The van der Waals surface area contributed by atoms with Crippen molar-refractivity contribution in [2.45, 2.75) is 30.5 Å². The lowest BCUT2D eigenvalue weighted by Crippen LogP contribution is -2.45. The summed E-state index contributed by atoms with van der Waals surface area (Å²) >= 11 is 0. The Morgan fingerprint density at radius 1 is 1.70 bits per heavy atom. The Kier molecular flexibility index (Phi) is 3.89.